The fourth-order valence-corrected chi connectivity index (χ4v) is 5.50. The van der Waals surface area contributed by atoms with E-state index in [9.17, 15) is 36.4 Å². The first-order valence-electron chi connectivity index (χ1n) is 14.0. The van der Waals surface area contributed by atoms with Gasteiger partial charge in [0.25, 0.3) is 16.3 Å². The maximum Gasteiger partial charge on any atom is 0.511 e. The second kappa shape index (κ2) is 14.1. The number of alkyl halides is 3. The molecule has 4 rings (SSSR count). The number of ether oxygens (including phenoxy) is 2. The lowest BCUT2D eigenvalue weighted by Crippen LogP contribution is -2.44. The lowest BCUT2D eigenvalue weighted by Gasteiger charge is -2.27. The first kappa shape index (κ1) is 34.0. The average molecular weight is 669 g/mol. The molecule has 0 bridgehead atoms. The largest absolute Gasteiger partial charge is 0.569 e. The van der Waals surface area contributed by atoms with Crippen molar-refractivity contribution in [2.45, 2.75) is 51.0 Å². The highest BCUT2D eigenvalue weighted by Gasteiger charge is 2.36. The molecule has 0 aliphatic carbocycles. The van der Waals surface area contributed by atoms with Gasteiger partial charge >= 0.3 is 12.3 Å². The number of nitrogens with zero attached hydrogens (tertiary/aromatic N) is 5. The van der Waals surface area contributed by atoms with Gasteiger partial charge in [0.15, 0.2) is 5.69 Å². The van der Waals surface area contributed by atoms with Crippen LogP contribution in [0.25, 0.3) is 16.9 Å². The van der Waals surface area contributed by atoms with Crippen LogP contribution >= 0.6 is 0 Å². The lowest BCUT2D eigenvalue weighted by molar-refractivity contribution is -0.715. The fourth-order valence-electron chi connectivity index (χ4n) is 4.45. The van der Waals surface area contributed by atoms with Crippen LogP contribution in [-0.4, -0.2) is 66.2 Å². The molecule has 0 saturated carbocycles. The zero-order valence-corrected chi connectivity index (χ0v) is 25.7. The summed E-state index contributed by atoms with van der Waals surface area (Å²) in [5, 5.41) is 20.5. The SMILES string of the molecule is CCOC(=O)OC(C)O/N=[N+](/[O-])N1CCC(C(=O)NS(=O)(=O)c2ccc(-n3nc(C(F)(F)F)cc3-c3ccc(C)cc3)cc2)CC1. The van der Waals surface area contributed by atoms with Gasteiger partial charge in [0, 0.05) is 18.4 Å². The number of carbonyl (C=O) groups excluding carboxylic acids is 2. The molecule has 1 aliphatic heterocycles. The summed E-state index contributed by atoms with van der Waals surface area (Å²) in [7, 11) is -4.34. The highest BCUT2D eigenvalue weighted by molar-refractivity contribution is 7.90. The van der Waals surface area contributed by atoms with Crippen LogP contribution in [0.15, 0.2) is 64.8 Å². The van der Waals surface area contributed by atoms with Crippen LogP contribution in [0.3, 0.4) is 0 Å². The predicted molar refractivity (Wildman–Crippen MR) is 153 cm³/mol. The van der Waals surface area contributed by atoms with E-state index in [1.54, 1.807) is 31.2 Å². The normalized spacial score (nSPS) is 15.3. The summed E-state index contributed by atoms with van der Waals surface area (Å²) < 4.78 is 78.9. The Balaban J connectivity index is 1.39. The smallest absolute Gasteiger partial charge is 0.511 e. The van der Waals surface area contributed by atoms with Crippen molar-refractivity contribution >= 4 is 22.1 Å². The Hall–Kier alpha value is -4.87. The van der Waals surface area contributed by atoms with Crippen molar-refractivity contribution in [2.24, 2.45) is 11.2 Å². The number of rotatable bonds is 10. The van der Waals surface area contributed by atoms with E-state index < -0.39 is 46.2 Å². The summed E-state index contributed by atoms with van der Waals surface area (Å²) in [5.41, 5.74) is 0.592. The minimum absolute atomic E-state index is 0.0450. The van der Waals surface area contributed by atoms with E-state index in [2.05, 4.69) is 15.1 Å². The highest BCUT2D eigenvalue weighted by atomic mass is 32.2. The predicted octanol–water partition coefficient (Wildman–Crippen LogP) is 4.71. The number of sulfonamides is 1. The molecule has 248 valence electrons. The summed E-state index contributed by atoms with van der Waals surface area (Å²) in [6.45, 7) is 4.92. The second-order valence-corrected chi connectivity index (χ2v) is 11.9. The summed E-state index contributed by atoms with van der Waals surface area (Å²) >= 11 is 0. The molecule has 46 heavy (non-hydrogen) atoms. The number of aromatic nitrogens is 2. The van der Waals surface area contributed by atoms with Crippen molar-refractivity contribution in [1.29, 1.82) is 0 Å². The molecule has 14 nitrogen and oxygen atoms in total. The maximum atomic E-state index is 13.5. The standard InChI is InChI=1S/C28H31F3N6O8S/c1-4-43-27(39)44-19(3)45-34-37(40)35-15-13-21(14-16-35)26(38)33-46(41,42)23-11-9-22(10-12-23)36-24(17-25(32-36)28(29,30)31)20-7-5-18(2)6-8-20/h5-12,17,19,21H,4,13-16H2,1-3H3,(H,33,38)/b37-34+. The van der Waals surface area contributed by atoms with E-state index in [4.69, 9.17) is 9.57 Å². The van der Waals surface area contributed by atoms with Crippen molar-refractivity contribution in [1.82, 2.24) is 19.5 Å². The number of piperidine rings is 1. The van der Waals surface area contributed by atoms with Crippen LogP contribution in [0, 0.1) is 18.0 Å². The van der Waals surface area contributed by atoms with Crippen LogP contribution < -0.4 is 4.72 Å². The molecule has 1 aromatic heterocycles. The number of halogens is 3. The van der Waals surface area contributed by atoms with Gasteiger partial charge in [-0.3, -0.25) is 9.63 Å². The minimum atomic E-state index is -4.71. The Morgan fingerprint density at radius 3 is 2.35 bits per heavy atom. The van der Waals surface area contributed by atoms with Gasteiger partial charge in [-0.1, -0.05) is 29.8 Å². The molecule has 1 fully saturated rings. The molecule has 0 spiro atoms. The van der Waals surface area contributed by atoms with E-state index in [0.29, 0.717) is 5.56 Å². The van der Waals surface area contributed by atoms with Gasteiger partial charge in [0.05, 0.1) is 40.9 Å². The number of amides is 1. The lowest BCUT2D eigenvalue weighted by atomic mass is 9.97. The van der Waals surface area contributed by atoms with E-state index >= 15 is 0 Å². The maximum absolute atomic E-state index is 13.5. The number of hydrogen-bond acceptors (Lipinski definition) is 10. The number of benzene rings is 2. The molecule has 0 radical (unpaired) electrons. The Morgan fingerprint density at radius 1 is 1.13 bits per heavy atom. The van der Waals surface area contributed by atoms with Gasteiger partial charge in [-0.15, -0.1) is 5.01 Å². The molecule has 1 saturated heterocycles. The average Bonchev–Trinajstić information content (AvgIpc) is 3.47. The van der Waals surface area contributed by atoms with Crippen LogP contribution in [0.1, 0.15) is 37.9 Å². The molecule has 2 aromatic carbocycles. The molecule has 1 aliphatic rings. The Kier molecular flexibility index (Phi) is 10.4. The van der Waals surface area contributed by atoms with Crippen LogP contribution in [-0.2, 0) is 35.3 Å². The summed E-state index contributed by atoms with van der Waals surface area (Å²) in [6, 6.07) is 12.6. The summed E-state index contributed by atoms with van der Waals surface area (Å²) in [4.78, 5) is 28.8. The van der Waals surface area contributed by atoms with Crippen molar-refractivity contribution in [2.75, 3.05) is 19.7 Å². The topological polar surface area (TPSA) is 167 Å². The second-order valence-electron chi connectivity index (χ2n) is 10.2. The first-order valence-corrected chi connectivity index (χ1v) is 15.5. The number of hydrogen-bond donors (Lipinski definition) is 1. The monoisotopic (exact) mass is 668 g/mol. The molecule has 1 amide bonds. The number of hydrazine groups is 1. The Bertz CT molecular complexity index is 1670. The van der Waals surface area contributed by atoms with Crippen LogP contribution in [0.2, 0.25) is 0 Å². The molecule has 1 N–H and O–H groups in total. The van der Waals surface area contributed by atoms with Gasteiger partial charge in [-0.25, -0.2) is 22.6 Å². The summed E-state index contributed by atoms with van der Waals surface area (Å²) in [5.74, 6) is -1.53. The van der Waals surface area contributed by atoms with E-state index in [1.807, 2.05) is 11.6 Å². The van der Waals surface area contributed by atoms with Crippen molar-refractivity contribution in [3.05, 3.63) is 71.1 Å². The zero-order valence-electron chi connectivity index (χ0n) is 24.9. The van der Waals surface area contributed by atoms with Crippen molar-refractivity contribution in [3.63, 3.8) is 0 Å². The minimum Gasteiger partial charge on any atom is -0.569 e. The fraction of sp³-hybridized carbons (Fsp3) is 0.393. The number of carbonyl (C=O) groups is 2. The summed E-state index contributed by atoms with van der Waals surface area (Å²) in [6.07, 6.45) is -6.67. The third-order valence-electron chi connectivity index (χ3n) is 6.85. The number of nitrogens with one attached hydrogen (secondary N) is 1. The third kappa shape index (κ3) is 8.43. The van der Waals surface area contributed by atoms with Crippen molar-refractivity contribution in [3.8, 4) is 16.9 Å². The van der Waals surface area contributed by atoms with Gasteiger partial charge in [-0.2, -0.15) is 18.3 Å². The van der Waals surface area contributed by atoms with Gasteiger partial charge in [-0.05, 0) is 57.0 Å². The van der Waals surface area contributed by atoms with E-state index in [0.717, 1.165) is 28.4 Å². The highest BCUT2D eigenvalue weighted by Crippen LogP contribution is 2.33. The number of aryl methyl sites for hydroxylation is 1. The quantitative estimate of drug-likeness (QED) is 0.105. The molecule has 3 aromatic rings. The molecule has 2 heterocycles. The van der Waals surface area contributed by atoms with Gasteiger partial charge in [0.2, 0.25) is 11.2 Å². The van der Waals surface area contributed by atoms with Crippen molar-refractivity contribution < 1.29 is 50.5 Å². The van der Waals surface area contributed by atoms with Crippen LogP contribution in [0.5, 0.6) is 0 Å². The van der Waals surface area contributed by atoms with E-state index in [1.165, 1.54) is 24.1 Å². The van der Waals surface area contributed by atoms with Crippen LogP contribution in [0.4, 0.5) is 18.0 Å². The Labute approximate surface area is 261 Å². The molecule has 1 atom stereocenters. The molecular weight excluding hydrogens is 637 g/mol. The Morgan fingerprint density at radius 2 is 1.76 bits per heavy atom. The van der Waals surface area contributed by atoms with Gasteiger partial charge < -0.3 is 14.7 Å². The zero-order chi connectivity index (χ0) is 33.6. The molecular formula is C28H31F3N6O8S. The van der Waals surface area contributed by atoms with E-state index in [-0.39, 0.29) is 53.8 Å². The molecule has 1 unspecified atom stereocenters. The molecule has 18 heteroatoms. The first-order chi connectivity index (χ1) is 21.7. The van der Waals surface area contributed by atoms with Gasteiger partial charge in [0.1, 0.15) is 0 Å². The third-order valence-corrected chi connectivity index (χ3v) is 8.21.